The summed E-state index contributed by atoms with van der Waals surface area (Å²) in [5, 5.41) is 8.72. The second-order valence-electron chi connectivity index (χ2n) is 5.78. The number of amides is 1. The third kappa shape index (κ3) is 7.17. The van der Waals surface area contributed by atoms with Gasteiger partial charge in [0.2, 0.25) is 9.70 Å². The second kappa shape index (κ2) is 8.38. The summed E-state index contributed by atoms with van der Waals surface area (Å²) < 4.78 is -0.783. The van der Waals surface area contributed by atoms with Crippen LogP contribution in [0.3, 0.4) is 0 Å². The minimum Gasteiger partial charge on any atom is -0.339 e. The van der Waals surface area contributed by atoms with E-state index in [9.17, 15) is 4.79 Å². The van der Waals surface area contributed by atoms with Gasteiger partial charge in [0.1, 0.15) is 6.17 Å². The molecule has 9 heteroatoms. The first-order valence-corrected chi connectivity index (χ1v) is 9.23. The minimum atomic E-state index is -1.77. The molecule has 0 fully saturated rings. The van der Waals surface area contributed by atoms with Crippen LogP contribution in [-0.2, 0) is 4.79 Å². The lowest BCUT2D eigenvalue weighted by atomic mass is 9.95. The zero-order valence-corrected chi connectivity index (χ0v) is 18.0. The van der Waals surface area contributed by atoms with E-state index in [2.05, 4.69) is 38.5 Å². The van der Waals surface area contributed by atoms with Crippen molar-refractivity contribution in [3.63, 3.8) is 0 Å². The van der Waals surface area contributed by atoms with E-state index in [1.807, 2.05) is 24.3 Å². The van der Waals surface area contributed by atoms with E-state index in [0.717, 1.165) is 9.26 Å². The predicted octanol–water partition coefficient (Wildman–Crippen LogP) is 4.44. The normalized spacial score (nSPS) is 13.2. The zero-order chi connectivity index (χ0) is 17.8. The number of carbonyl (C=O) groups is 1. The van der Waals surface area contributed by atoms with Crippen molar-refractivity contribution < 1.29 is 4.79 Å². The van der Waals surface area contributed by atoms with Gasteiger partial charge >= 0.3 is 0 Å². The van der Waals surface area contributed by atoms with Crippen LogP contribution >= 0.6 is 69.6 Å². The number of carbonyl (C=O) groups excluding carboxylic acids is 1. The number of halogens is 4. The third-order valence-electron chi connectivity index (χ3n) is 2.68. The fraction of sp³-hybridized carbons (Fsp3) is 0.429. The van der Waals surface area contributed by atoms with Crippen LogP contribution in [0.5, 0.6) is 0 Å². The van der Waals surface area contributed by atoms with E-state index in [4.69, 9.17) is 47.0 Å². The van der Waals surface area contributed by atoms with E-state index < -0.39 is 15.4 Å². The Kier molecular flexibility index (Phi) is 7.66. The van der Waals surface area contributed by atoms with E-state index >= 15 is 0 Å². The SMILES string of the molecule is CC(C)(C)C(=O)NC(NC(=S)Nc1ccccc1I)C(Cl)(Cl)Cl. The molecule has 0 aliphatic heterocycles. The molecule has 1 aromatic carbocycles. The van der Waals surface area contributed by atoms with Gasteiger partial charge in [0.15, 0.2) is 5.11 Å². The Labute approximate surface area is 170 Å². The van der Waals surface area contributed by atoms with Crippen LogP contribution in [0, 0.1) is 8.99 Å². The number of benzene rings is 1. The van der Waals surface area contributed by atoms with Crippen molar-refractivity contribution in [2.45, 2.75) is 30.7 Å². The van der Waals surface area contributed by atoms with Crippen molar-refractivity contribution in [2.75, 3.05) is 5.32 Å². The molecule has 0 radical (unpaired) electrons. The van der Waals surface area contributed by atoms with Crippen LogP contribution in [0.1, 0.15) is 20.8 Å². The molecule has 1 unspecified atom stereocenters. The number of nitrogens with one attached hydrogen (secondary N) is 3. The quantitative estimate of drug-likeness (QED) is 0.245. The molecule has 4 nitrogen and oxygen atoms in total. The first kappa shape index (κ1) is 21.0. The van der Waals surface area contributed by atoms with Gasteiger partial charge in [-0.15, -0.1) is 0 Å². The molecule has 0 bridgehead atoms. The van der Waals surface area contributed by atoms with Gasteiger partial charge in [0.25, 0.3) is 0 Å². The summed E-state index contributed by atoms with van der Waals surface area (Å²) in [6.07, 6.45) is -0.972. The first-order valence-electron chi connectivity index (χ1n) is 6.61. The average Bonchev–Trinajstić information content (AvgIpc) is 2.38. The Balaban J connectivity index is 2.80. The molecule has 1 atom stereocenters. The lowest BCUT2D eigenvalue weighted by Gasteiger charge is -2.30. The van der Waals surface area contributed by atoms with Crippen LogP contribution in [0.15, 0.2) is 24.3 Å². The van der Waals surface area contributed by atoms with E-state index in [1.165, 1.54) is 0 Å². The molecule has 0 heterocycles. The van der Waals surface area contributed by atoms with E-state index in [-0.39, 0.29) is 11.0 Å². The van der Waals surface area contributed by atoms with Gasteiger partial charge in [-0.25, -0.2) is 0 Å². The highest BCUT2D eigenvalue weighted by molar-refractivity contribution is 14.1. The number of thiocarbonyl (C=S) groups is 1. The summed E-state index contributed by atoms with van der Waals surface area (Å²) in [6, 6.07) is 7.59. The van der Waals surface area contributed by atoms with Gasteiger partial charge in [-0.1, -0.05) is 67.7 Å². The van der Waals surface area contributed by atoms with Crippen molar-refractivity contribution in [3.05, 3.63) is 27.8 Å². The maximum atomic E-state index is 12.1. The molecule has 0 aromatic heterocycles. The Morgan fingerprint density at radius 3 is 2.22 bits per heavy atom. The number of para-hydroxylation sites is 1. The van der Waals surface area contributed by atoms with Crippen molar-refractivity contribution in [3.8, 4) is 0 Å². The summed E-state index contributed by atoms with van der Waals surface area (Å²) in [4.78, 5) is 12.1. The highest BCUT2D eigenvalue weighted by atomic mass is 127. The van der Waals surface area contributed by atoms with Gasteiger partial charge in [0.05, 0.1) is 5.69 Å². The summed E-state index contributed by atoms with van der Waals surface area (Å²) in [5.41, 5.74) is 0.190. The lowest BCUT2D eigenvalue weighted by molar-refractivity contribution is -0.129. The smallest absolute Gasteiger partial charge is 0.228 e. The minimum absolute atomic E-state index is 0.236. The molecule has 1 rings (SSSR count). The molecule has 128 valence electrons. The molecule has 0 saturated carbocycles. The van der Waals surface area contributed by atoms with Crippen LogP contribution in [0.2, 0.25) is 0 Å². The largest absolute Gasteiger partial charge is 0.339 e. The van der Waals surface area contributed by atoms with Crippen LogP contribution in [0.25, 0.3) is 0 Å². The topological polar surface area (TPSA) is 53.2 Å². The molecular weight excluding hydrogens is 492 g/mol. The Morgan fingerprint density at radius 2 is 1.74 bits per heavy atom. The van der Waals surface area contributed by atoms with Gasteiger partial charge in [0, 0.05) is 8.99 Å². The molecule has 23 heavy (non-hydrogen) atoms. The zero-order valence-electron chi connectivity index (χ0n) is 12.7. The average molecular weight is 509 g/mol. The molecule has 1 aromatic rings. The fourth-order valence-corrected chi connectivity index (χ4v) is 2.48. The number of rotatable bonds is 3. The van der Waals surface area contributed by atoms with Crippen molar-refractivity contribution in [1.29, 1.82) is 0 Å². The van der Waals surface area contributed by atoms with E-state index in [0.29, 0.717) is 0 Å². The molecule has 3 N–H and O–H groups in total. The number of hydrogen-bond donors (Lipinski definition) is 3. The van der Waals surface area contributed by atoms with Crippen LogP contribution in [0.4, 0.5) is 5.69 Å². The van der Waals surface area contributed by atoms with Crippen molar-refractivity contribution in [2.24, 2.45) is 5.41 Å². The maximum absolute atomic E-state index is 12.1. The van der Waals surface area contributed by atoms with Crippen molar-refractivity contribution >= 4 is 86.3 Å². The number of alkyl halides is 3. The van der Waals surface area contributed by atoms with Gasteiger partial charge < -0.3 is 16.0 Å². The number of anilines is 1. The molecule has 0 saturated heterocycles. The predicted molar refractivity (Wildman–Crippen MR) is 110 cm³/mol. The summed E-state index contributed by atoms with van der Waals surface area (Å²) >= 11 is 25.2. The summed E-state index contributed by atoms with van der Waals surface area (Å²) in [5.74, 6) is -0.265. The lowest BCUT2D eigenvalue weighted by Crippen LogP contribution is -2.58. The standard InChI is InChI=1S/C14H17Cl3IN3OS/c1-13(2,3)11(22)20-10(14(15,16)17)21-12(23)19-9-7-5-4-6-8(9)18/h4-7,10H,1-3H3,(H,20,22)(H2,19,21,23). The number of hydrogen-bond acceptors (Lipinski definition) is 2. The maximum Gasteiger partial charge on any atom is 0.228 e. The van der Waals surface area contributed by atoms with Crippen LogP contribution < -0.4 is 16.0 Å². The van der Waals surface area contributed by atoms with E-state index in [1.54, 1.807) is 20.8 Å². The van der Waals surface area contributed by atoms with Gasteiger partial charge in [-0.2, -0.15) is 0 Å². The van der Waals surface area contributed by atoms with Crippen LogP contribution in [-0.4, -0.2) is 21.0 Å². The monoisotopic (exact) mass is 507 g/mol. The highest BCUT2D eigenvalue weighted by Gasteiger charge is 2.36. The Bertz CT molecular complexity index is 587. The Morgan fingerprint density at radius 1 is 1.17 bits per heavy atom. The Hall–Kier alpha value is -0.0200. The fourth-order valence-electron chi connectivity index (χ4n) is 1.40. The molecular formula is C14H17Cl3IN3OS. The summed E-state index contributed by atoms with van der Waals surface area (Å²) in [7, 11) is 0. The van der Waals surface area contributed by atoms with Gasteiger partial charge in [-0.05, 0) is 46.9 Å². The molecule has 0 aliphatic carbocycles. The van der Waals surface area contributed by atoms with Crippen molar-refractivity contribution in [1.82, 2.24) is 10.6 Å². The first-order chi connectivity index (χ1) is 10.4. The third-order valence-corrected chi connectivity index (χ3v) is 4.50. The molecule has 0 aliphatic rings. The van der Waals surface area contributed by atoms with Gasteiger partial charge in [-0.3, -0.25) is 4.79 Å². The second-order valence-corrected chi connectivity index (χ2v) is 9.72. The summed E-state index contributed by atoms with van der Waals surface area (Å²) in [6.45, 7) is 5.29. The highest BCUT2D eigenvalue weighted by Crippen LogP contribution is 2.30. The molecule has 1 amide bonds. The molecule has 0 spiro atoms.